The van der Waals surface area contributed by atoms with Crippen LogP contribution in [0.25, 0.3) is 0 Å². The SMILES string of the molecule is C[C@@H](OC(=O)[C@H]1CC=CCC1)C(=O)Nc1c(F)cccc1F. The number of hydrogen-bond donors (Lipinski definition) is 1. The highest BCUT2D eigenvalue weighted by Gasteiger charge is 2.25. The molecule has 0 aliphatic heterocycles. The molecule has 0 saturated heterocycles. The summed E-state index contributed by atoms with van der Waals surface area (Å²) in [7, 11) is 0. The number of nitrogens with one attached hydrogen (secondary N) is 1. The van der Waals surface area contributed by atoms with E-state index < -0.39 is 35.3 Å². The highest BCUT2D eigenvalue weighted by molar-refractivity contribution is 5.95. The van der Waals surface area contributed by atoms with Gasteiger partial charge in [0.15, 0.2) is 6.10 Å². The Bertz CT molecular complexity index is 581. The molecule has 22 heavy (non-hydrogen) atoms. The molecule has 4 nitrogen and oxygen atoms in total. The van der Waals surface area contributed by atoms with Gasteiger partial charge in [-0.25, -0.2) is 8.78 Å². The van der Waals surface area contributed by atoms with E-state index in [1.54, 1.807) is 0 Å². The molecule has 0 aromatic heterocycles. The predicted molar refractivity (Wildman–Crippen MR) is 77.0 cm³/mol. The average Bonchev–Trinajstić information content (AvgIpc) is 2.51. The van der Waals surface area contributed by atoms with Gasteiger partial charge in [-0.15, -0.1) is 0 Å². The summed E-state index contributed by atoms with van der Waals surface area (Å²) in [6, 6.07) is 3.26. The van der Waals surface area contributed by atoms with Gasteiger partial charge in [0.1, 0.15) is 17.3 Å². The first-order chi connectivity index (χ1) is 10.5. The first kappa shape index (κ1) is 16.1. The minimum Gasteiger partial charge on any atom is -0.452 e. The lowest BCUT2D eigenvalue weighted by Crippen LogP contribution is -2.33. The van der Waals surface area contributed by atoms with Gasteiger partial charge in [-0.1, -0.05) is 18.2 Å². The second-order valence-corrected chi connectivity index (χ2v) is 5.15. The van der Waals surface area contributed by atoms with E-state index in [1.807, 2.05) is 12.2 Å². The van der Waals surface area contributed by atoms with Crippen molar-refractivity contribution in [2.45, 2.75) is 32.3 Å². The van der Waals surface area contributed by atoms with Gasteiger partial charge in [-0.3, -0.25) is 9.59 Å². The maximum Gasteiger partial charge on any atom is 0.310 e. The molecule has 2 atom stereocenters. The van der Waals surface area contributed by atoms with Crippen molar-refractivity contribution in [1.29, 1.82) is 0 Å². The third-order valence-corrected chi connectivity index (χ3v) is 3.48. The standard InChI is InChI=1S/C16H17F2NO3/c1-10(22-16(21)11-6-3-2-4-7-11)15(20)19-14-12(17)8-5-9-13(14)18/h2-3,5,8-11H,4,6-7H2,1H3,(H,19,20)/t10-,11+/m1/s1. The number of carbonyl (C=O) groups is 2. The zero-order valence-corrected chi connectivity index (χ0v) is 12.1. The van der Waals surface area contributed by atoms with Crippen LogP contribution in [0.15, 0.2) is 30.4 Å². The Balaban J connectivity index is 1.94. The Morgan fingerprint density at radius 3 is 2.55 bits per heavy atom. The zero-order valence-electron chi connectivity index (χ0n) is 12.1. The highest BCUT2D eigenvalue weighted by Crippen LogP contribution is 2.21. The van der Waals surface area contributed by atoms with Crippen LogP contribution in [0.2, 0.25) is 0 Å². The molecule has 1 aliphatic carbocycles. The van der Waals surface area contributed by atoms with Gasteiger partial charge in [0.05, 0.1) is 5.92 Å². The fourth-order valence-corrected chi connectivity index (χ4v) is 2.17. The molecule has 0 spiro atoms. The van der Waals surface area contributed by atoms with Crippen molar-refractivity contribution in [3.63, 3.8) is 0 Å². The average molecular weight is 309 g/mol. The van der Waals surface area contributed by atoms with Crippen LogP contribution in [0, 0.1) is 17.6 Å². The molecule has 1 amide bonds. The molecule has 2 rings (SSSR count). The van der Waals surface area contributed by atoms with E-state index in [-0.39, 0.29) is 5.92 Å². The van der Waals surface area contributed by atoms with Crippen LogP contribution in [0.4, 0.5) is 14.5 Å². The van der Waals surface area contributed by atoms with Gasteiger partial charge in [-0.2, -0.15) is 0 Å². The van der Waals surface area contributed by atoms with Crippen LogP contribution in [0.1, 0.15) is 26.2 Å². The number of allylic oxidation sites excluding steroid dienone is 2. The maximum absolute atomic E-state index is 13.5. The van der Waals surface area contributed by atoms with E-state index in [0.29, 0.717) is 12.8 Å². The van der Waals surface area contributed by atoms with Crippen LogP contribution in [0.5, 0.6) is 0 Å². The quantitative estimate of drug-likeness (QED) is 0.686. The second-order valence-electron chi connectivity index (χ2n) is 5.15. The molecule has 0 fully saturated rings. The number of carbonyl (C=O) groups excluding carboxylic acids is 2. The van der Waals surface area contributed by atoms with Crippen molar-refractivity contribution >= 4 is 17.6 Å². The minimum absolute atomic E-state index is 0.273. The Labute approximate surface area is 127 Å². The van der Waals surface area contributed by atoms with E-state index in [9.17, 15) is 18.4 Å². The monoisotopic (exact) mass is 309 g/mol. The first-order valence-electron chi connectivity index (χ1n) is 7.09. The van der Waals surface area contributed by atoms with Crippen LogP contribution in [0.3, 0.4) is 0 Å². The van der Waals surface area contributed by atoms with Crippen molar-refractivity contribution in [2.24, 2.45) is 5.92 Å². The summed E-state index contributed by atoms with van der Waals surface area (Å²) in [5.74, 6) is -3.29. The topological polar surface area (TPSA) is 55.4 Å². The second kappa shape index (κ2) is 7.15. The summed E-state index contributed by atoms with van der Waals surface area (Å²) in [6.07, 6.45) is 4.80. The molecule has 0 unspecified atom stereocenters. The first-order valence-corrected chi connectivity index (χ1v) is 7.09. The Kier molecular flexibility index (Phi) is 5.25. The van der Waals surface area contributed by atoms with Crippen molar-refractivity contribution in [1.82, 2.24) is 0 Å². The Morgan fingerprint density at radius 1 is 1.27 bits per heavy atom. The molecule has 0 radical (unpaired) electrons. The number of amides is 1. The number of rotatable bonds is 4. The van der Waals surface area contributed by atoms with Crippen LogP contribution in [-0.2, 0) is 14.3 Å². The summed E-state index contributed by atoms with van der Waals surface area (Å²) in [5, 5.41) is 2.11. The summed E-state index contributed by atoms with van der Waals surface area (Å²) in [4.78, 5) is 23.8. The molecule has 0 bridgehead atoms. The molecule has 1 aliphatic rings. The van der Waals surface area contributed by atoms with E-state index in [2.05, 4.69) is 5.32 Å². The van der Waals surface area contributed by atoms with Gasteiger partial charge in [0.2, 0.25) is 0 Å². The van der Waals surface area contributed by atoms with Gasteiger partial charge in [-0.05, 0) is 38.3 Å². The van der Waals surface area contributed by atoms with Gasteiger partial charge in [0, 0.05) is 0 Å². The normalized spacial score (nSPS) is 18.6. The summed E-state index contributed by atoms with van der Waals surface area (Å²) in [6.45, 7) is 1.37. The lowest BCUT2D eigenvalue weighted by molar-refractivity contribution is -0.157. The third kappa shape index (κ3) is 3.90. The molecule has 0 heterocycles. The van der Waals surface area contributed by atoms with Crippen molar-refractivity contribution in [2.75, 3.05) is 5.32 Å². The summed E-state index contributed by atoms with van der Waals surface area (Å²) in [5.41, 5.74) is -0.545. The molecule has 1 aromatic carbocycles. The zero-order chi connectivity index (χ0) is 16.1. The maximum atomic E-state index is 13.5. The minimum atomic E-state index is -1.13. The van der Waals surface area contributed by atoms with Crippen molar-refractivity contribution in [3.8, 4) is 0 Å². The predicted octanol–water partition coefficient (Wildman–Crippen LogP) is 3.19. The number of ether oxygens (including phenoxy) is 1. The van der Waals surface area contributed by atoms with E-state index in [0.717, 1.165) is 18.6 Å². The highest BCUT2D eigenvalue weighted by atomic mass is 19.1. The summed E-state index contributed by atoms with van der Waals surface area (Å²) < 4.78 is 32.0. The number of para-hydroxylation sites is 1. The number of benzene rings is 1. The molecule has 0 saturated carbocycles. The smallest absolute Gasteiger partial charge is 0.310 e. The molecular formula is C16H17F2NO3. The number of halogens is 2. The number of anilines is 1. The van der Waals surface area contributed by atoms with Gasteiger partial charge in [0.25, 0.3) is 5.91 Å². The number of esters is 1. The van der Waals surface area contributed by atoms with E-state index in [1.165, 1.54) is 13.0 Å². The third-order valence-electron chi connectivity index (χ3n) is 3.48. The molecule has 6 heteroatoms. The Morgan fingerprint density at radius 2 is 1.95 bits per heavy atom. The molecule has 1 N–H and O–H groups in total. The number of hydrogen-bond acceptors (Lipinski definition) is 3. The van der Waals surface area contributed by atoms with E-state index >= 15 is 0 Å². The molecular weight excluding hydrogens is 292 g/mol. The van der Waals surface area contributed by atoms with Crippen molar-refractivity contribution < 1.29 is 23.1 Å². The van der Waals surface area contributed by atoms with Crippen molar-refractivity contribution in [3.05, 3.63) is 42.0 Å². The molecule has 1 aromatic rings. The Hall–Kier alpha value is -2.24. The molecule has 118 valence electrons. The van der Waals surface area contributed by atoms with Crippen LogP contribution >= 0.6 is 0 Å². The van der Waals surface area contributed by atoms with Gasteiger partial charge >= 0.3 is 5.97 Å². The van der Waals surface area contributed by atoms with Crippen LogP contribution < -0.4 is 5.32 Å². The fraction of sp³-hybridized carbons (Fsp3) is 0.375. The summed E-state index contributed by atoms with van der Waals surface area (Å²) >= 11 is 0. The van der Waals surface area contributed by atoms with Gasteiger partial charge < -0.3 is 10.1 Å². The lowest BCUT2D eigenvalue weighted by atomic mass is 9.95. The largest absolute Gasteiger partial charge is 0.452 e. The van der Waals surface area contributed by atoms with Crippen LogP contribution in [-0.4, -0.2) is 18.0 Å². The van der Waals surface area contributed by atoms with E-state index in [4.69, 9.17) is 4.74 Å². The fourth-order valence-electron chi connectivity index (χ4n) is 2.17. The lowest BCUT2D eigenvalue weighted by Gasteiger charge is -2.19.